The average molecular weight is 321 g/mol. The number of anilines is 1. The van der Waals surface area contributed by atoms with Gasteiger partial charge in [-0.15, -0.1) is 0 Å². The highest BCUT2D eigenvalue weighted by Gasteiger charge is 2.22. The molecule has 2 aliphatic rings. The first-order valence-corrected chi connectivity index (χ1v) is 7.99. The van der Waals surface area contributed by atoms with Crippen LogP contribution in [0, 0.1) is 0 Å². The van der Waals surface area contributed by atoms with Crippen LogP contribution in [0.3, 0.4) is 0 Å². The number of nitrogens with zero attached hydrogens (tertiary/aromatic N) is 1. The molecule has 2 aromatic carbocycles. The Morgan fingerprint density at radius 3 is 2.67 bits per heavy atom. The van der Waals surface area contributed by atoms with Crippen LogP contribution >= 0.6 is 0 Å². The van der Waals surface area contributed by atoms with Crippen LogP contribution in [0.1, 0.15) is 23.6 Å². The molecule has 2 aromatic rings. The Balaban J connectivity index is 1.71. The van der Waals surface area contributed by atoms with Gasteiger partial charge in [0.05, 0.1) is 5.71 Å². The molecule has 3 N–H and O–H groups in total. The molecule has 0 saturated carbocycles. The van der Waals surface area contributed by atoms with Gasteiger partial charge in [0, 0.05) is 17.3 Å². The van der Waals surface area contributed by atoms with Crippen molar-refractivity contribution in [2.75, 3.05) is 12.5 Å². The zero-order valence-electron chi connectivity index (χ0n) is 13.5. The lowest BCUT2D eigenvalue weighted by atomic mass is 9.97. The molecule has 0 aromatic heterocycles. The molecular weight excluding hydrogens is 302 g/mol. The van der Waals surface area contributed by atoms with Gasteiger partial charge in [0.2, 0.25) is 6.79 Å². The largest absolute Gasteiger partial charge is 0.454 e. The first kappa shape index (κ1) is 14.6. The van der Waals surface area contributed by atoms with Crippen molar-refractivity contribution in [1.29, 1.82) is 0 Å². The summed E-state index contributed by atoms with van der Waals surface area (Å²) in [4.78, 5) is 0. The number of fused-ring (bicyclic) bond motifs is 2. The molecule has 0 spiro atoms. The molecule has 1 atom stereocenters. The number of ether oxygens (including phenoxy) is 2. The van der Waals surface area contributed by atoms with E-state index in [1.165, 1.54) is 5.56 Å². The van der Waals surface area contributed by atoms with Crippen LogP contribution in [0.4, 0.5) is 5.69 Å². The second kappa shape index (κ2) is 5.92. The summed E-state index contributed by atoms with van der Waals surface area (Å²) in [5.41, 5.74) is 13.9. The van der Waals surface area contributed by atoms with Gasteiger partial charge in [0.1, 0.15) is 0 Å². The van der Waals surface area contributed by atoms with Gasteiger partial charge in [0.25, 0.3) is 0 Å². The highest BCUT2D eigenvalue weighted by Crippen LogP contribution is 2.36. The van der Waals surface area contributed by atoms with E-state index in [0.29, 0.717) is 0 Å². The molecule has 0 aliphatic carbocycles. The summed E-state index contributed by atoms with van der Waals surface area (Å²) in [6.07, 6.45) is 4.93. The normalized spacial score (nSPS) is 18.7. The zero-order chi connectivity index (χ0) is 16.5. The summed E-state index contributed by atoms with van der Waals surface area (Å²) < 4.78 is 11.0. The van der Waals surface area contributed by atoms with Crippen molar-refractivity contribution in [3.63, 3.8) is 0 Å². The zero-order valence-corrected chi connectivity index (χ0v) is 13.5. The van der Waals surface area contributed by atoms with E-state index in [2.05, 4.69) is 23.5 Å². The first-order chi connectivity index (χ1) is 11.7. The highest BCUT2D eigenvalue weighted by atomic mass is 16.7. The van der Waals surface area contributed by atoms with Crippen LogP contribution < -0.4 is 20.6 Å². The minimum atomic E-state index is 0.256. The minimum absolute atomic E-state index is 0.256. The fourth-order valence-corrected chi connectivity index (χ4v) is 2.92. The number of rotatable bonds is 2. The molecule has 4 rings (SSSR count). The van der Waals surface area contributed by atoms with Crippen LogP contribution in [0.2, 0.25) is 0 Å². The second-order valence-corrected chi connectivity index (χ2v) is 6.09. The number of allylic oxidation sites excluding steroid dienone is 1. The number of hydrazone groups is 1. The van der Waals surface area contributed by atoms with Gasteiger partial charge >= 0.3 is 0 Å². The molecular formula is C19H19N3O2. The average Bonchev–Trinajstić information content (AvgIpc) is 2.97. The number of nitrogen functional groups attached to an aromatic ring is 1. The quantitative estimate of drug-likeness (QED) is 0.835. The van der Waals surface area contributed by atoms with Gasteiger partial charge in [-0.25, -0.2) is 0 Å². The van der Waals surface area contributed by atoms with Crippen molar-refractivity contribution in [1.82, 2.24) is 5.43 Å². The summed E-state index contributed by atoms with van der Waals surface area (Å²) in [7, 11) is 0. The van der Waals surface area contributed by atoms with Crippen molar-refractivity contribution < 1.29 is 9.47 Å². The van der Waals surface area contributed by atoms with Crippen LogP contribution in [-0.2, 0) is 6.42 Å². The maximum absolute atomic E-state index is 5.73. The third-order valence-electron chi connectivity index (χ3n) is 4.18. The van der Waals surface area contributed by atoms with Crippen LogP contribution in [-0.4, -0.2) is 18.5 Å². The van der Waals surface area contributed by atoms with E-state index in [1.54, 1.807) is 0 Å². The summed E-state index contributed by atoms with van der Waals surface area (Å²) in [6, 6.07) is 12.1. The monoisotopic (exact) mass is 321 g/mol. The Kier molecular flexibility index (Phi) is 3.61. The van der Waals surface area contributed by atoms with Crippen LogP contribution in [0.15, 0.2) is 47.6 Å². The fraction of sp³-hybridized carbons (Fsp3) is 0.211. The Hall–Kier alpha value is -2.95. The van der Waals surface area contributed by atoms with Gasteiger partial charge < -0.3 is 20.6 Å². The predicted molar refractivity (Wildman–Crippen MR) is 95.3 cm³/mol. The predicted octanol–water partition coefficient (Wildman–Crippen LogP) is 2.95. The third kappa shape index (κ3) is 2.80. The Labute approximate surface area is 140 Å². The molecule has 0 amide bonds. The van der Waals surface area contributed by atoms with Crippen LogP contribution in [0.5, 0.6) is 11.5 Å². The molecule has 0 fully saturated rings. The molecule has 2 heterocycles. The summed E-state index contributed by atoms with van der Waals surface area (Å²) in [6.45, 7) is 2.39. The Bertz CT molecular complexity index is 825. The van der Waals surface area contributed by atoms with E-state index in [9.17, 15) is 0 Å². The highest BCUT2D eigenvalue weighted by molar-refractivity contribution is 6.12. The SMILES string of the molecule is CC1Cc2cc3c(cc2C(C=Cc2ccc(N)cc2)=NN1)OCO3. The van der Waals surface area contributed by atoms with Crippen molar-refractivity contribution in [2.45, 2.75) is 19.4 Å². The number of hydrogen-bond acceptors (Lipinski definition) is 5. The number of hydrogen-bond donors (Lipinski definition) is 2. The summed E-state index contributed by atoms with van der Waals surface area (Å²) in [5.74, 6) is 1.58. The van der Waals surface area contributed by atoms with Gasteiger partial charge in [-0.3, -0.25) is 0 Å². The van der Waals surface area contributed by atoms with E-state index in [0.717, 1.165) is 40.4 Å². The second-order valence-electron chi connectivity index (χ2n) is 6.09. The molecule has 122 valence electrons. The Morgan fingerprint density at radius 2 is 1.88 bits per heavy atom. The summed E-state index contributed by atoms with van der Waals surface area (Å²) >= 11 is 0. The molecule has 1 unspecified atom stereocenters. The van der Waals surface area contributed by atoms with Gasteiger partial charge in [-0.1, -0.05) is 18.2 Å². The van der Waals surface area contributed by atoms with Crippen molar-refractivity contribution in [2.24, 2.45) is 5.10 Å². The number of nitrogens with one attached hydrogen (secondary N) is 1. The number of benzene rings is 2. The fourth-order valence-electron chi connectivity index (χ4n) is 2.92. The lowest BCUT2D eigenvalue weighted by molar-refractivity contribution is 0.174. The third-order valence-corrected chi connectivity index (χ3v) is 4.18. The van der Waals surface area contributed by atoms with E-state index in [1.807, 2.05) is 42.5 Å². The lowest BCUT2D eigenvalue weighted by Gasteiger charge is -2.10. The van der Waals surface area contributed by atoms with Crippen molar-refractivity contribution in [3.8, 4) is 11.5 Å². The molecule has 5 heteroatoms. The topological polar surface area (TPSA) is 68.9 Å². The molecule has 0 bridgehead atoms. The minimum Gasteiger partial charge on any atom is -0.454 e. The van der Waals surface area contributed by atoms with Gasteiger partial charge in [-0.05, 0) is 54.8 Å². The smallest absolute Gasteiger partial charge is 0.231 e. The van der Waals surface area contributed by atoms with Gasteiger partial charge in [0.15, 0.2) is 11.5 Å². The van der Waals surface area contributed by atoms with Crippen molar-refractivity contribution in [3.05, 3.63) is 59.2 Å². The molecule has 24 heavy (non-hydrogen) atoms. The standard InChI is InChI=1S/C19H19N3O2/c1-12-8-14-9-18-19(24-11-23-18)10-16(14)17(22-21-12)7-4-13-2-5-15(20)6-3-13/h2-7,9-10,12,21H,8,11,20H2,1H3. The van der Waals surface area contributed by atoms with Crippen molar-refractivity contribution >= 4 is 17.5 Å². The van der Waals surface area contributed by atoms with E-state index in [4.69, 9.17) is 15.2 Å². The maximum Gasteiger partial charge on any atom is 0.231 e. The molecule has 0 radical (unpaired) electrons. The van der Waals surface area contributed by atoms with E-state index >= 15 is 0 Å². The van der Waals surface area contributed by atoms with E-state index < -0.39 is 0 Å². The molecule has 0 saturated heterocycles. The molecule has 2 aliphatic heterocycles. The first-order valence-electron chi connectivity index (χ1n) is 7.99. The number of nitrogens with two attached hydrogens (primary N) is 1. The van der Waals surface area contributed by atoms with E-state index in [-0.39, 0.29) is 12.8 Å². The van der Waals surface area contributed by atoms with Gasteiger partial charge in [-0.2, -0.15) is 5.10 Å². The summed E-state index contributed by atoms with van der Waals surface area (Å²) in [5, 5.41) is 4.56. The molecule has 5 nitrogen and oxygen atoms in total. The lowest BCUT2D eigenvalue weighted by Crippen LogP contribution is -2.21. The van der Waals surface area contributed by atoms with Crippen LogP contribution in [0.25, 0.3) is 6.08 Å². The Morgan fingerprint density at radius 1 is 1.12 bits per heavy atom. The maximum atomic E-state index is 5.73.